The summed E-state index contributed by atoms with van der Waals surface area (Å²) in [6.45, 7) is 4.02. The zero-order chi connectivity index (χ0) is 30.7. The Morgan fingerprint density at radius 2 is 1.67 bits per heavy atom. The Labute approximate surface area is 248 Å². The summed E-state index contributed by atoms with van der Waals surface area (Å²) in [6.07, 6.45) is 2.34. The lowest BCUT2D eigenvalue weighted by Crippen LogP contribution is -2.52. The molecule has 2 atom stereocenters. The normalized spacial score (nSPS) is 12.7. The predicted molar refractivity (Wildman–Crippen MR) is 163 cm³/mol. The minimum Gasteiger partial charge on any atom is -0.497 e. The van der Waals surface area contributed by atoms with Gasteiger partial charge in [-0.1, -0.05) is 55.5 Å². The lowest BCUT2D eigenvalue weighted by molar-refractivity contribution is -0.141. The number of anilines is 1. The average molecular weight is 598 g/mol. The zero-order valence-corrected chi connectivity index (χ0v) is 25.4. The van der Waals surface area contributed by atoms with E-state index in [0.717, 1.165) is 18.2 Å². The molecule has 10 heteroatoms. The number of methoxy groups -OCH3 is 1. The molecule has 0 heterocycles. The molecule has 2 amide bonds. The van der Waals surface area contributed by atoms with Crippen molar-refractivity contribution in [3.05, 3.63) is 95.8 Å². The van der Waals surface area contributed by atoms with Gasteiger partial charge in [-0.15, -0.1) is 0 Å². The highest BCUT2D eigenvalue weighted by Crippen LogP contribution is 2.24. The van der Waals surface area contributed by atoms with E-state index >= 15 is 0 Å². The molecule has 0 saturated carbocycles. The molecule has 3 rings (SSSR count). The van der Waals surface area contributed by atoms with E-state index in [2.05, 4.69) is 5.32 Å². The van der Waals surface area contributed by atoms with Crippen molar-refractivity contribution in [2.24, 2.45) is 0 Å². The topological polar surface area (TPSA) is 96.0 Å². The van der Waals surface area contributed by atoms with Gasteiger partial charge < -0.3 is 15.0 Å². The number of benzene rings is 3. The summed E-state index contributed by atoms with van der Waals surface area (Å²) in [5, 5.41) is 3.01. The Morgan fingerprint density at radius 1 is 0.976 bits per heavy atom. The van der Waals surface area contributed by atoms with Gasteiger partial charge in [0.2, 0.25) is 21.8 Å². The molecule has 0 aliphatic carbocycles. The lowest BCUT2D eigenvalue weighted by Gasteiger charge is -2.32. The van der Waals surface area contributed by atoms with E-state index in [1.54, 1.807) is 36.4 Å². The van der Waals surface area contributed by atoms with Crippen LogP contribution in [0.25, 0.3) is 0 Å². The molecule has 0 spiro atoms. The molecule has 0 aliphatic rings. The fourth-order valence-corrected chi connectivity index (χ4v) is 5.51. The molecular weight excluding hydrogens is 557 g/mol. The van der Waals surface area contributed by atoms with Crippen molar-refractivity contribution in [1.29, 1.82) is 0 Å². The smallest absolute Gasteiger partial charge is 0.243 e. The van der Waals surface area contributed by atoms with Crippen LogP contribution in [0.4, 0.5) is 10.1 Å². The van der Waals surface area contributed by atoms with Crippen molar-refractivity contribution < 1.29 is 27.1 Å². The fourth-order valence-electron chi connectivity index (χ4n) is 4.55. The quantitative estimate of drug-likeness (QED) is 0.268. The van der Waals surface area contributed by atoms with Crippen LogP contribution in [0.5, 0.6) is 5.75 Å². The first-order valence-electron chi connectivity index (χ1n) is 14.0. The average Bonchev–Trinajstić information content (AvgIpc) is 2.97. The van der Waals surface area contributed by atoms with E-state index in [9.17, 15) is 22.4 Å². The van der Waals surface area contributed by atoms with Crippen LogP contribution >= 0.6 is 0 Å². The van der Waals surface area contributed by atoms with Gasteiger partial charge in [-0.3, -0.25) is 13.9 Å². The molecule has 3 aromatic rings. The van der Waals surface area contributed by atoms with Crippen LogP contribution in [-0.2, 0) is 32.6 Å². The van der Waals surface area contributed by atoms with Gasteiger partial charge in [0, 0.05) is 38.0 Å². The highest BCUT2D eigenvalue weighted by atomic mass is 32.2. The van der Waals surface area contributed by atoms with Crippen LogP contribution in [0.1, 0.15) is 44.2 Å². The monoisotopic (exact) mass is 597 g/mol. The number of rotatable bonds is 15. The van der Waals surface area contributed by atoms with Crippen LogP contribution in [0.2, 0.25) is 0 Å². The first-order chi connectivity index (χ1) is 20.0. The van der Waals surface area contributed by atoms with Gasteiger partial charge in [-0.05, 0) is 55.2 Å². The highest BCUT2D eigenvalue weighted by Gasteiger charge is 2.31. The molecule has 0 unspecified atom stereocenters. The number of nitrogens with one attached hydrogen (secondary N) is 1. The molecule has 3 aromatic carbocycles. The van der Waals surface area contributed by atoms with E-state index < -0.39 is 21.9 Å². The SMILES string of the molecule is CC[C@@H](C)NC(=O)[C@@H](Cc1ccccc1)N(Cc1ccc(F)cc1)C(=O)CCCN(c1cccc(OC)c1)S(C)(=O)=O. The van der Waals surface area contributed by atoms with Crippen molar-refractivity contribution >= 4 is 27.5 Å². The van der Waals surface area contributed by atoms with Gasteiger partial charge in [-0.25, -0.2) is 12.8 Å². The van der Waals surface area contributed by atoms with Crippen molar-refractivity contribution in [2.45, 2.75) is 58.2 Å². The van der Waals surface area contributed by atoms with Crippen LogP contribution in [0, 0.1) is 5.82 Å². The number of carbonyl (C=O) groups is 2. The maximum Gasteiger partial charge on any atom is 0.243 e. The van der Waals surface area contributed by atoms with E-state index in [-0.39, 0.29) is 50.2 Å². The molecule has 226 valence electrons. The van der Waals surface area contributed by atoms with Gasteiger partial charge in [0.05, 0.1) is 19.1 Å². The maximum absolute atomic E-state index is 13.9. The number of ether oxygens (including phenoxy) is 1. The third-order valence-corrected chi connectivity index (χ3v) is 8.23. The molecule has 0 radical (unpaired) electrons. The van der Waals surface area contributed by atoms with Crippen LogP contribution in [0.3, 0.4) is 0 Å². The summed E-state index contributed by atoms with van der Waals surface area (Å²) in [5.74, 6) is -0.472. The van der Waals surface area contributed by atoms with Crippen molar-refractivity contribution in [3.8, 4) is 5.75 Å². The second kappa shape index (κ2) is 15.3. The van der Waals surface area contributed by atoms with E-state index in [1.807, 2.05) is 44.2 Å². The van der Waals surface area contributed by atoms with E-state index in [0.29, 0.717) is 17.0 Å². The fraction of sp³-hybridized carbons (Fsp3) is 0.375. The van der Waals surface area contributed by atoms with Gasteiger partial charge >= 0.3 is 0 Å². The first-order valence-corrected chi connectivity index (χ1v) is 15.9. The zero-order valence-electron chi connectivity index (χ0n) is 24.6. The van der Waals surface area contributed by atoms with Crippen LogP contribution in [-0.4, -0.2) is 57.1 Å². The van der Waals surface area contributed by atoms with Crippen molar-refractivity contribution in [2.75, 3.05) is 24.2 Å². The summed E-state index contributed by atoms with van der Waals surface area (Å²) in [7, 11) is -2.15. The summed E-state index contributed by atoms with van der Waals surface area (Å²) in [4.78, 5) is 29.0. The lowest BCUT2D eigenvalue weighted by atomic mass is 10.0. The number of carbonyl (C=O) groups excluding carboxylic acids is 2. The third-order valence-electron chi connectivity index (χ3n) is 7.03. The number of sulfonamides is 1. The molecule has 0 saturated heterocycles. The van der Waals surface area contributed by atoms with Gasteiger partial charge in [-0.2, -0.15) is 0 Å². The number of hydrogen-bond acceptors (Lipinski definition) is 5. The van der Waals surface area contributed by atoms with Crippen LogP contribution < -0.4 is 14.4 Å². The Balaban J connectivity index is 1.89. The number of hydrogen-bond donors (Lipinski definition) is 1. The number of halogens is 1. The van der Waals surface area contributed by atoms with Gasteiger partial charge in [0.1, 0.15) is 17.6 Å². The molecule has 0 aliphatic heterocycles. The maximum atomic E-state index is 13.9. The predicted octanol–water partition coefficient (Wildman–Crippen LogP) is 4.94. The standard InChI is InChI=1S/C32H40FN3O5S/c1-5-24(2)34-32(38)30(21-25-11-7-6-8-12-25)35(23-26-16-18-27(33)19-17-26)31(37)15-10-20-36(42(4,39)40)28-13-9-14-29(22-28)41-3/h6-9,11-14,16-19,22,24,30H,5,10,15,20-21,23H2,1-4H3,(H,34,38)/t24-,30-/m1/s1. The largest absolute Gasteiger partial charge is 0.497 e. The molecule has 0 fully saturated rings. The summed E-state index contributed by atoms with van der Waals surface area (Å²) in [6, 6.07) is 21.1. The second-order valence-corrected chi connectivity index (χ2v) is 12.2. The first kappa shape index (κ1) is 32.6. The number of nitrogens with zero attached hydrogens (tertiary/aromatic N) is 2. The molecule has 42 heavy (non-hydrogen) atoms. The number of amides is 2. The Hall–Kier alpha value is -3.92. The summed E-state index contributed by atoms with van der Waals surface area (Å²) < 4.78 is 45.4. The Morgan fingerprint density at radius 3 is 2.29 bits per heavy atom. The second-order valence-electron chi connectivity index (χ2n) is 10.3. The molecule has 8 nitrogen and oxygen atoms in total. The summed E-state index contributed by atoms with van der Waals surface area (Å²) >= 11 is 0. The minimum atomic E-state index is -3.65. The van der Waals surface area contributed by atoms with Gasteiger partial charge in [0.25, 0.3) is 0 Å². The van der Waals surface area contributed by atoms with E-state index in [1.165, 1.54) is 28.4 Å². The molecule has 1 N–H and O–H groups in total. The van der Waals surface area contributed by atoms with Crippen molar-refractivity contribution in [3.63, 3.8) is 0 Å². The van der Waals surface area contributed by atoms with E-state index in [4.69, 9.17) is 4.74 Å². The third kappa shape index (κ3) is 9.58. The van der Waals surface area contributed by atoms with Crippen LogP contribution in [0.15, 0.2) is 78.9 Å². The minimum absolute atomic E-state index is 0.000909. The summed E-state index contributed by atoms with van der Waals surface area (Å²) in [5.41, 5.74) is 2.00. The Kier molecular flexibility index (Phi) is 11.9. The molecule has 0 aromatic heterocycles. The molecule has 0 bridgehead atoms. The molecular formula is C32H40FN3O5S. The highest BCUT2D eigenvalue weighted by molar-refractivity contribution is 7.92. The Bertz CT molecular complexity index is 1420. The van der Waals surface area contributed by atoms with Crippen molar-refractivity contribution in [1.82, 2.24) is 10.2 Å². The van der Waals surface area contributed by atoms with Gasteiger partial charge in [0.15, 0.2) is 0 Å².